The molecule has 0 saturated heterocycles. The number of fused-ring (bicyclic) bond motifs is 4. The van der Waals surface area contributed by atoms with E-state index in [1.165, 1.54) is 93.8 Å². The van der Waals surface area contributed by atoms with E-state index in [9.17, 15) is 0 Å². The summed E-state index contributed by atoms with van der Waals surface area (Å²) < 4.78 is 23.5. The number of hydrogen-bond acceptors (Lipinski definition) is 4. The molecule has 0 heterocycles. The molecule has 0 spiro atoms. The molecule has 0 aromatic heterocycles. The van der Waals surface area contributed by atoms with Gasteiger partial charge in [0.2, 0.25) is 0 Å². The lowest BCUT2D eigenvalue weighted by Crippen LogP contribution is -2.11. The highest BCUT2D eigenvalue weighted by Gasteiger charge is 2.28. The molecule has 8 rings (SSSR count). The van der Waals surface area contributed by atoms with Crippen molar-refractivity contribution in [1.82, 2.24) is 0 Å². The van der Waals surface area contributed by atoms with Gasteiger partial charge in [-0.15, -0.1) is 0 Å². The summed E-state index contributed by atoms with van der Waals surface area (Å²) in [4.78, 5) is 0. The molecule has 0 radical (unpaired) electrons. The highest BCUT2D eigenvalue weighted by molar-refractivity contribution is 7.10. The van der Waals surface area contributed by atoms with Gasteiger partial charge in [-0.05, 0) is 157 Å². The normalized spacial score (nSPS) is 13.5. The van der Waals surface area contributed by atoms with Gasteiger partial charge in [0.25, 0.3) is 0 Å². The lowest BCUT2D eigenvalue weighted by Gasteiger charge is -2.29. The van der Waals surface area contributed by atoms with Crippen LogP contribution in [0.2, 0.25) is 0 Å². The molecule has 2 aliphatic carbocycles. The molecule has 6 heteroatoms. The van der Waals surface area contributed by atoms with Crippen molar-refractivity contribution in [2.24, 2.45) is 0 Å². The molecular formula is C46H50O4P2. The van der Waals surface area contributed by atoms with Gasteiger partial charge in [0.05, 0.1) is 33.2 Å². The Morgan fingerprint density at radius 3 is 1.31 bits per heavy atom. The average Bonchev–Trinajstić information content (AvgIpc) is 3.16. The minimum atomic E-state index is 0.864. The molecule has 6 aromatic rings. The van der Waals surface area contributed by atoms with Gasteiger partial charge in [0, 0.05) is 22.3 Å². The van der Waals surface area contributed by atoms with Crippen molar-refractivity contribution in [2.75, 3.05) is 14.2 Å². The van der Waals surface area contributed by atoms with Crippen LogP contribution in [-0.4, -0.2) is 14.2 Å². The molecule has 0 N–H and O–H groups in total. The van der Waals surface area contributed by atoms with Crippen LogP contribution in [0.15, 0.2) is 72.8 Å². The SMILES string of the molecule is COc1c(C)cc2c(c1-c1c3c(cc(C)c1OP)CCCC3)CCCC2.COc1c(C)cc2ccccc2c1-c1c(OP)c(C)cc2ccccc12. The van der Waals surface area contributed by atoms with Crippen LogP contribution >= 0.6 is 18.9 Å². The summed E-state index contributed by atoms with van der Waals surface area (Å²) in [6.45, 7) is 8.53. The second-order valence-electron chi connectivity index (χ2n) is 14.4. The molecule has 0 bridgehead atoms. The number of ether oxygens (including phenoxy) is 2. The molecule has 0 fully saturated rings. The van der Waals surface area contributed by atoms with E-state index in [1.54, 1.807) is 7.11 Å². The number of hydrogen-bond donors (Lipinski definition) is 0. The predicted molar refractivity (Wildman–Crippen MR) is 225 cm³/mol. The Balaban J connectivity index is 0.000000162. The molecular weight excluding hydrogens is 678 g/mol. The molecule has 0 aliphatic heterocycles. The van der Waals surface area contributed by atoms with Crippen molar-refractivity contribution in [3.05, 3.63) is 117 Å². The van der Waals surface area contributed by atoms with Crippen LogP contribution < -0.4 is 18.5 Å². The molecule has 0 saturated carbocycles. The zero-order valence-electron chi connectivity index (χ0n) is 31.4. The Morgan fingerprint density at radius 2 is 0.808 bits per heavy atom. The lowest BCUT2D eigenvalue weighted by molar-refractivity contribution is 0.412. The Bertz CT molecular complexity index is 2150. The zero-order chi connectivity index (χ0) is 36.5. The first kappa shape index (κ1) is 36.3. The maximum atomic E-state index is 5.96. The van der Waals surface area contributed by atoms with Crippen LogP contribution in [0.25, 0.3) is 43.8 Å². The van der Waals surface area contributed by atoms with Crippen LogP contribution in [0.5, 0.6) is 23.0 Å². The highest BCUT2D eigenvalue weighted by Crippen LogP contribution is 2.50. The predicted octanol–water partition coefficient (Wildman–Crippen LogP) is 12.4. The Labute approximate surface area is 313 Å². The van der Waals surface area contributed by atoms with Gasteiger partial charge in [0.15, 0.2) is 0 Å². The maximum Gasteiger partial charge on any atom is 0.134 e. The summed E-state index contributed by atoms with van der Waals surface area (Å²) >= 11 is 0. The van der Waals surface area contributed by atoms with Crippen LogP contribution in [-0.2, 0) is 25.7 Å². The summed E-state index contributed by atoms with van der Waals surface area (Å²) in [6, 6.07) is 25.9. The number of aryl methyl sites for hydroxylation is 6. The Morgan fingerprint density at radius 1 is 0.442 bits per heavy atom. The van der Waals surface area contributed by atoms with Gasteiger partial charge in [-0.25, -0.2) is 0 Å². The molecule has 0 amide bonds. The first-order valence-corrected chi connectivity index (χ1v) is 19.4. The van der Waals surface area contributed by atoms with E-state index in [1.807, 2.05) is 7.11 Å². The van der Waals surface area contributed by atoms with Gasteiger partial charge in [0.1, 0.15) is 23.0 Å². The fraction of sp³-hybridized carbons (Fsp3) is 0.304. The molecule has 2 unspecified atom stereocenters. The van der Waals surface area contributed by atoms with E-state index < -0.39 is 0 Å². The summed E-state index contributed by atoms with van der Waals surface area (Å²) in [5, 5.41) is 4.71. The largest absolute Gasteiger partial charge is 0.496 e. The Kier molecular flexibility index (Phi) is 10.8. The van der Waals surface area contributed by atoms with E-state index in [-0.39, 0.29) is 0 Å². The van der Waals surface area contributed by atoms with E-state index in [0.29, 0.717) is 0 Å². The summed E-state index contributed by atoms with van der Waals surface area (Å²) in [5.74, 6) is 3.80. The van der Waals surface area contributed by atoms with Gasteiger partial charge >= 0.3 is 0 Å². The third-order valence-corrected chi connectivity index (χ3v) is 11.6. The molecule has 6 aromatic carbocycles. The minimum Gasteiger partial charge on any atom is -0.496 e. The topological polar surface area (TPSA) is 36.9 Å². The molecule has 268 valence electrons. The zero-order valence-corrected chi connectivity index (χ0v) is 33.7. The van der Waals surface area contributed by atoms with Crippen LogP contribution in [0, 0.1) is 27.7 Å². The third kappa shape index (κ3) is 6.44. The smallest absolute Gasteiger partial charge is 0.134 e. The van der Waals surface area contributed by atoms with Crippen molar-refractivity contribution >= 4 is 40.5 Å². The summed E-state index contributed by atoms with van der Waals surface area (Å²) in [5.41, 5.74) is 15.4. The van der Waals surface area contributed by atoms with Crippen molar-refractivity contribution < 1.29 is 18.5 Å². The fourth-order valence-electron chi connectivity index (χ4n) is 8.86. The van der Waals surface area contributed by atoms with Crippen molar-refractivity contribution in [2.45, 2.75) is 79.1 Å². The molecule has 2 atom stereocenters. The average molecular weight is 729 g/mol. The highest BCUT2D eigenvalue weighted by atomic mass is 31.0. The number of rotatable bonds is 6. The molecule has 2 aliphatic rings. The van der Waals surface area contributed by atoms with Gasteiger partial charge in [-0.2, -0.15) is 0 Å². The molecule has 4 nitrogen and oxygen atoms in total. The van der Waals surface area contributed by atoms with E-state index in [0.717, 1.165) is 68.9 Å². The van der Waals surface area contributed by atoms with E-state index in [2.05, 4.69) is 119 Å². The van der Waals surface area contributed by atoms with Crippen LogP contribution in [0.4, 0.5) is 0 Å². The van der Waals surface area contributed by atoms with Gasteiger partial charge in [-0.3, -0.25) is 0 Å². The fourth-order valence-corrected chi connectivity index (χ4v) is 9.47. The Hall–Kier alpha value is -4.10. The maximum absolute atomic E-state index is 5.96. The summed E-state index contributed by atoms with van der Waals surface area (Å²) in [7, 11) is 8.43. The van der Waals surface area contributed by atoms with Crippen LogP contribution in [0.3, 0.4) is 0 Å². The first-order valence-electron chi connectivity index (χ1n) is 18.5. The first-order chi connectivity index (χ1) is 25.3. The molecule has 52 heavy (non-hydrogen) atoms. The number of benzene rings is 6. The number of methoxy groups -OCH3 is 2. The van der Waals surface area contributed by atoms with Crippen molar-refractivity contribution in [3.8, 4) is 45.3 Å². The lowest BCUT2D eigenvalue weighted by atomic mass is 9.78. The summed E-state index contributed by atoms with van der Waals surface area (Å²) in [6.07, 6.45) is 9.73. The van der Waals surface area contributed by atoms with Crippen molar-refractivity contribution in [3.63, 3.8) is 0 Å². The standard InChI is InChI=1S/C23H29O2P.C23H21O2P/c2*1-14-12-16-8-4-6-10-18(16)20(22(14)24-3)21-19-11-7-5-9-17(19)13-15(2)23(21)25-26/h12-13H,4-11,26H2,1-3H3;4-13H,26H2,1-3H3. The third-order valence-electron chi connectivity index (χ3n) is 11.1. The second kappa shape index (κ2) is 15.5. The van der Waals surface area contributed by atoms with Crippen molar-refractivity contribution in [1.29, 1.82) is 0 Å². The van der Waals surface area contributed by atoms with Gasteiger partial charge in [-0.1, -0.05) is 60.7 Å². The van der Waals surface area contributed by atoms with Gasteiger partial charge < -0.3 is 18.5 Å². The van der Waals surface area contributed by atoms with E-state index in [4.69, 9.17) is 18.5 Å². The van der Waals surface area contributed by atoms with Crippen LogP contribution in [0.1, 0.15) is 70.2 Å². The minimum absolute atomic E-state index is 0.864. The monoisotopic (exact) mass is 728 g/mol. The second-order valence-corrected chi connectivity index (χ2v) is 14.8. The van der Waals surface area contributed by atoms with E-state index >= 15 is 0 Å². The quantitative estimate of drug-likeness (QED) is 0.160.